The van der Waals surface area contributed by atoms with Crippen molar-refractivity contribution in [2.75, 3.05) is 6.07 Å². The highest BCUT2D eigenvalue weighted by Gasteiger charge is 2.08. The molecule has 4 nitrogen and oxygen atoms in total. The molecule has 0 atom stereocenters. The predicted octanol–water partition coefficient (Wildman–Crippen LogP) is 1.97. The first kappa shape index (κ1) is 11.5. The molecular formula is C10H9ClO4. The molecule has 0 fully saturated rings. The maximum absolute atomic E-state index is 11.2. The molecule has 0 bridgehead atoms. The van der Waals surface area contributed by atoms with Gasteiger partial charge >= 0.3 is 11.9 Å². The highest BCUT2D eigenvalue weighted by Crippen LogP contribution is 2.14. The van der Waals surface area contributed by atoms with Gasteiger partial charge < -0.3 is 9.47 Å². The van der Waals surface area contributed by atoms with Crippen LogP contribution in [0.3, 0.4) is 0 Å². The largest absolute Gasteiger partial charge is 0.446 e. The molecule has 1 aromatic carbocycles. The minimum Gasteiger partial charge on any atom is -0.446 e. The van der Waals surface area contributed by atoms with Crippen LogP contribution in [0.25, 0.3) is 0 Å². The SMILES string of the molecule is CC(=O)Oc1cccc(C(=O)OCCl)c1. The van der Waals surface area contributed by atoms with E-state index in [4.69, 9.17) is 16.3 Å². The van der Waals surface area contributed by atoms with Gasteiger partial charge in [-0.2, -0.15) is 0 Å². The molecule has 0 radical (unpaired) electrons. The van der Waals surface area contributed by atoms with Gasteiger partial charge in [0.25, 0.3) is 0 Å². The molecule has 1 rings (SSSR count). The van der Waals surface area contributed by atoms with Gasteiger partial charge in [-0.1, -0.05) is 17.7 Å². The number of esters is 2. The molecule has 0 amide bonds. The first-order chi connectivity index (χ1) is 7.13. The Kier molecular flexibility index (Phi) is 4.12. The summed E-state index contributed by atoms with van der Waals surface area (Å²) in [7, 11) is 0. The summed E-state index contributed by atoms with van der Waals surface area (Å²) >= 11 is 5.24. The Balaban J connectivity index is 2.82. The average molecular weight is 229 g/mol. The van der Waals surface area contributed by atoms with Crippen LogP contribution >= 0.6 is 11.6 Å². The quantitative estimate of drug-likeness (QED) is 0.451. The summed E-state index contributed by atoms with van der Waals surface area (Å²) in [6.07, 6.45) is 0. The molecule has 0 aromatic heterocycles. The van der Waals surface area contributed by atoms with Crippen molar-refractivity contribution >= 4 is 23.5 Å². The third-order valence-electron chi connectivity index (χ3n) is 1.52. The first-order valence-electron chi connectivity index (χ1n) is 4.15. The number of ether oxygens (including phenoxy) is 2. The molecule has 0 saturated carbocycles. The fourth-order valence-electron chi connectivity index (χ4n) is 0.985. The molecule has 80 valence electrons. The molecule has 0 unspecified atom stereocenters. The van der Waals surface area contributed by atoms with Crippen LogP contribution in [0.4, 0.5) is 0 Å². The Bertz CT molecular complexity index is 375. The molecule has 0 aliphatic rings. The van der Waals surface area contributed by atoms with Gasteiger partial charge in [-0.3, -0.25) is 4.79 Å². The molecule has 0 N–H and O–H groups in total. The summed E-state index contributed by atoms with van der Waals surface area (Å²) in [5.74, 6) is -0.705. The lowest BCUT2D eigenvalue weighted by atomic mass is 10.2. The molecule has 0 aliphatic heterocycles. The minimum atomic E-state index is -0.556. The number of carbonyl (C=O) groups excluding carboxylic acids is 2. The second kappa shape index (κ2) is 5.36. The van der Waals surface area contributed by atoms with Crippen molar-refractivity contribution in [2.24, 2.45) is 0 Å². The van der Waals surface area contributed by atoms with Crippen molar-refractivity contribution in [3.05, 3.63) is 29.8 Å². The van der Waals surface area contributed by atoms with E-state index in [0.717, 1.165) is 0 Å². The molecule has 15 heavy (non-hydrogen) atoms. The number of alkyl halides is 1. The standard InChI is InChI=1S/C10H9ClO4/c1-7(12)15-9-4-2-3-8(5-9)10(13)14-6-11/h2-5H,6H2,1H3. The lowest BCUT2D eigenvalue weighted by Crippen LogP contribution is -2.05. The van der Waals surface area contributed by atoms with E-state index >= 15 is 0 Å². The van der Waals surface area contributed by atoms with Crippen molar-refractivity contribution < 1.29 is 19.1 Å². The topological polar surface area (TPSA) is 52.6 Å². The highest BCUT2D eigenvalue weighted by atomic mass is 35.5. The van der Waals surface area contributed by atoms with Crippen molar-refractivity contribution in [3.8, 4) is 5.75 Å². The Labute approximate surface area is 91.7 Å². The van der Waals surface area contributed by atoms with Crippen molar-refractivity contribution in [1.82, 2.24) is 0 Å². The second-order valence-electron chi connectivity index (χ2n) is 2.66. The average Bonchev–Trinajstić information content (AvgIpc) is 2.17. The maximum atomic E-state index is 11.2. The van der Waals surface area contributed by atoms with Gasteiger partial charge in [0.15, 0.2) is 6.07 Å². The first-order valence-corrected chi connectivity index (χ1v) is 4.68. The number of carbonyl (C=O) groups is 2. The summed E-state index contributed by atoms with van der Waals surface area (Å²) in [5, 5.41) is 0. The van der Waals surface area contributed by atoms with Gasteiger partial charge in [-0.15, -0.1) is 0 Å². The minimum absolute atomic E-state index is 0.212. The zero-order chi connectivity index (χ0) is 11.3. The smallest absolute Gasteiger partial charge is 0.339 e. The monoisotopic (exact) mass is 228 g/mol. The Morgan fingerprint density at radius 2 is 2.13 bits per heavy atom. The van der Waals surface area contributed by atoms with E-state index < -0.39 is 11.9 Å². The highest BCUT2D eigenvalue weighted by molar-refractivity contribution is 6.17. The van der Waals surface area contributed by atoms with Crippen LogP contribution in [0.5, 0.6) is 5.75 Å². The van der Waals surface area contributed by atoms with Gasteiger partial charge in [0, 0.05) is 6.92 Å². The summed E-state index contributed by atoms with van der Waals surface area (Å²) < 4.78 is 9.38. The fourth-order valence-corrected chi connectivity index (χ4v) is 1.08. The Hall–Kier alpha value is -1.55. The summed E-state index contributed by atoms with van der Waals surface area (Å²) in [6, 6.07) is 5.90. The molecule has 0 saturated heterocycles. The zero-order valence-corrected chi connectivity index (χ0v) is 8.78. The number of halogens is 1. The van der Waals surface area contributed by atoms with E-state index in [-0.39, 0.29) is 11.6 Å². The van der Waals surface area contributed by atoms with Gasteiger partial charge in [0.2, 0.25) is 0 Å². The third kappa shape index (κ3) is 3.59. The van der Waals surface area contributed by atoms with Gasteiger partial charge in [-0.25, -0.2) is 4.79 Å². The molecule has 5 heteroatoms. The van der Waals surface area contributed by atoms with Crippen molar-refractivity contribution in [2.45, 2.75) is 6.92 Å². The zero-order valence-electron chi connectivity index (χ0n) is 8.03. The van der Waals surface area contributed by atoms with Crippen LogP contribution in [-0.2, 0) is 9.53 Å². The van der Waals surface area contributed by atoms with Crippen LogP contribution in [0.2, 0.25) is 0 Å². The van der Waals surface area contributed by atoms with Gasteiger partial charge in [-0.05, 0) is 18.2 Å². The lowest BCUT2D eigenvalue weighted by molar-refractivity contribution is -0.131. The summed E-state index contributed by atoms with van der Waals surface area (Å²) in [5.41, 5.74) is 0.286. The van der Waals surface area contributed by atoms with E-state index in [2.05, 4.69) is 4.74 Å². The van der Waals surface area contributed by atoms with E-state index in [1.807, 2.05) is 0 Å². The molecule has 1 aromatic rings. The Morgan fingerprint density at radius 3 is 2.73 bits per heavy atom. The molecule has 0 heterocycles. The number of benzene rings is 1. The van der Waals surface area contributed by atoms with E-state index in [1.54, 1.807) is 18.2 Å². The van der Waals surface area contributed by atoms with Gasteiger partial charge in [0.05, 0.1) is 5.56 Å². The maximum Gasteiger partial charge on any atom is 0.339 e. The van der Waals surface area contributed by atoms with Crippen molar-refractivity contribution in [3.63, 3.8) is 0 Å². The second-order valence-corrected chi connectivity index (χ2v) is 2.88. The molecule has 0 spiro atoms. The van der Waals surface area contributed by atoms with Crippen LogP contribution < -0.4 is 4.74 Å². The van der Waals surface area contributed by atoms with E-state index in [9.17, 15) is 9.59 Å². The predicted molar refractivity (Wildman–Crippen MR) is 53.9 cm³/mol. The van der Waals surface area contributed by atoms with Crippen LogP contribution in [0, 0.1) is 0 Å². The normalized spacial score (nSPS) is 9.47. The van der Waals surface area contributed by atoms with Crippen molar-refractivity contribution in [1.29, 1.82) is 0 Å². The van der Waals surface area contributed by atoms with E-state index in [0.29, 0.717) is 5.75 Å². The van der Waals surface area contributed by atoms with Crippen LogP contribution in [0.1, 0.15) is 17.3 Å². The molecule has 0 aliphatic carbocycles. The summed E-state index contributed by atoms with van der Waals surface area (Å²) in [6.45, 7) is 1.28. The fraction of sp³-hybridized carbons (Fsp3) is 0.200. The summed E-state index contributed by atoms with van der Waals surface area (Å²) in [4.78, 5) is 21.9. The lowest BCUT2D eigenvalue weighted by Gasteiger charge is -2.03. The van der Waals surface area contributed by atoms with Crippen LogP contribution in [0.15, 0.2) is 24.3 Å². The van der Waals surface area contributed by atoms with Crippen LogP contribution in [-0.4, -0.2) is 18.0 Å². The van der Waals surface area contributed by atoms with Gasteiger partial charge in [0.1, 0.15) is 5.75 Å². The third-order valence-corrected chi connectivity index (χ3v) is 1.63. The number of rotatable bonds is 3. The number of hydrogen-bond donors (Lipinski definition) is 0. The van der Waals surface area contributed by atoms with E-state index in [1.165, 1.54) is 13.0 Å². The molecular weight excluding hydrogens is 220 g/mol. The Morgan fingerprint density at radius 1 is 1.40 bits per heavy atom. The number of hydrogen-bond acceptors (Lipinski definition) is 4.